The molecule has 5 rings (SSSR count). The Morgan fingerprint density at radius 2 is 1.88 bits per heavy atom. The Morgan fingerprint density at radius 1 is 1.15 bits per heavy atom. The van der Waals surface area contributed by atoms with Gasteiger partial charge in [-0.3, -0.25) is 10.1 Å². The van der Waals surface area contributed by atoms with Gasteiger partial charge in [-0.15, -0.1) is 0 Å². The zero-order valence-electron chi connectivity index (χ0n) is 18.8. The number of ether oxygens (including phenoxy) is 2. The van der Waals surface area contributed by atoms with Gasteiger partial charge in [0.25, 0.3) is 5.69 Å². The molecule has 3 aromatic carbocycles. The highest BCUT2D eigenvalue weighted by Gasteiger charge is 2.59. The lowest BCUT2D eigenvalue weighted by molar-refractivity contribution is -0.385. The third-order valence-corrected chi connectivity index (χ3v) is 7.48. The summed E-state index contributed by atoms with van der Waals surface area (Å²) >= 11 is 9.92. The maximum absolute atomic E-state index is 11.4. The Hall–Kier alpha value is -3.03. The number of benzene rings is 3. The van der Waals surface area contributed by atoms with Crippen LogP contribution < -0.4 is 14.4 Å². The summed E-state index contributed by atoms with van der Waals surface area (Å²) in [6.45, 7) is 4.83. The molecule has 1 unspecified atom stereocenters. The molecule has 0 fully saturated rings. The minimum absolute atomic E-state index is 0.0488. The molecule has 0 amide bonds. The molecular weight excluding hydrogens is 520 g/mol. The number of hydrogen-bond acceptors (Lipinski definition) is 5. The number of nitro groups is 1. The molecule has 0 aliphatic carbocycles. The van der Waals surface area contributed by atoms with Crippen LogP contribution in [0.2, 0.25) is 5.02 Å². The predicted octanol–water partition coefficient (Wildman–Crippen LogP) is 7.12. The fourth-order valence-electron chi connectivity index (χ4n) is 4.90. The molecule has 8 heteroatoms. The van der Waals surface area contributed by atoms with E-state index < -0.39 is 16.1 Å². The van der Waals surface area contributed by atoms with Crippen molar-refractivity contribution in [1.82, 2.24) is 0 Å². The molecule has 6 nitrogen and oxygen atoms in total. The van der Waals surface area contributed by atoms with Crippen molar-refractivity contribution >= 4 is 45.0 Å². The zero-order valence-corrected chi connectivity index (χ0v) is 21.2. The van der Waals surface area contributed by atoms with Crippen molar-refractivity contribution in [1.29, 1.82) is 0 Å². The topological polar surface area (TPSA) is 64.8 Å². The summed E-state index contributed by atoms with van der Waals surface area (Å²) in [6, 6.07) is 17.0. The second-order valence-electron chi connectivity index (χ2n) is 8.95. The maximum atomic E-state index is 11.4. The molecule has 2 aliphatic heterocycles. The normalized spacial score (nSPS) is 19.5. The Labute approximate surface area is 211 Å². The molecule has 0 N–H and O–H groups in total. The van der Waals surface area contributed by atoms with Gasteiger partial charge in [0.15, 0.2) is 11.5 Å². The van der Waals surface area contributed by atoms with E-state index in [0.29, 0.717) is 28.6 Å². The van der Waals surface area contributed by atoms with E-state index in [-0.39, 0.29) is 5.69 Å². The summed E-state index contributed by atoms with van der Waals surface area (Å²) in [7, 11) is 1.49. The highest BCUT2D eigenvalue weighted by molar-refractivity contribution is 9.10. The van der Waals surface area contributed by atoms with Crippen molar-refractivity contribution < 1.29 is 14.4 Å². The highest BCUT2D eigenvalue weighted by atomic mass is 79.9. The Balaban J connectivity index is 1.69. The van der Waals surface area contributed by atoms with Crippen LogP contribution in [0.1, 0.15) is 30.5 Å². The quantitative estimate of drug-likeness (QED) is 0.260. The molecule has 2 aliphatic rings. The number of fused-ring (bicyclic) bond motifs is 2. The van der Waals surface area contributed by atoms with Crippen LogP contribution in [0, 0.1) is 10.1 Å². The molecule has 2 heterocycles. The van der Waals surface area contributed by atoms with Crippen LogP contribution in [0.4, 0.5) is 11.4 Å². The first-order chi connectivity index (χ1) is 16.2. The predicted molar refractivity (Wildman–Crippen MR) is 137 cm³/mol. The summed E-state index contributed by atoms with van der Waals surface area (Å²) in [5.74, 6) is 0.796. The third kappa shape index (κ3) is 3.37. The first-order valence-corrected chi connectivity index (χ1v) is 11.9. The van der Waals surface area contributed by atoms with Gasteiger partial charge in [0.1, 0.15) is 0 Å². The Bertz CT molecular complexity index is 1340. The molecule has 0 bridgehead atoms. The molecular formula is C26H22BrClN2O4. The zero-order chi connectivity index (χ0) is 24.3. The van der Waals surface area contributed by atoms with Gasteiger partial charge < -0.3 is 14.4 Å². The number of nitrogens with zero attached hydrogens (tertiary/aromatic N) is 2. The minimum Gasteiger partial charge on any atom is -0.493 e. The van der Waals surface area contributed by atoms with Gasteiger partial charge in [-0.25, -0.2) is 0 Å². The van der Waals surface area contributed by atoms with Crippen LogP contribution in [0.25, 0.3) is 6.08 Å². The smallest absolute Gasteiger partial charge is 0.274 e. The summed E-state index contributed by atoms with van der Waals surface area (Å²) in [5, 5.41) is 12.1. The summed E-state index contributed by atoms with van der Waals surface area (Å²) < 4.78 is 13.4. The van der Waals surface area contributed by atoms with Gasteiger partial charge >= 0.3 is 0 Å². The average Bonchev–Trinajstić information content (AvgIpc) is 2.98. The number of hydrogen-bond donors (Lipinski definition) is 0. The van der Waals surface area contributed by atoms with Crippen LogP contribution in [0.15, 0.2) is 65.1 Å². The number of rotatable bonds is 4. The van der Waals surface area contributed by atoms with Crippen molar-refractivity contribution in [3.05, 3.63) is 97.0 Å². The average molecular weight is 542 g/mol. The lowest BCUT2D eigenvalue weighted by Crippen LogP contribution is -2.59. The van der Waals surface area contributed by atoms with E-state index in [0.717, 1.165) is 21.3 Å². The Morgan fingerprint density at radius 3 is 2.56 bits per heavy atom. The summed E-state index contributed by atoms with van der Waals surface area (Å²) in [4.78, 5) is 13.2. The van der Waals surface area contributed by atoms with Crippen LogP contribution >= 0.6 is 27.5 Å². The van der Waals surface area contributed by atoms with Crippen molar-refractivity contribution in [3.8, 4) is 11.5 Å². The molecule has 174 valence electrons. The Kier molecular flexibility index (Phi) is 5.37. The van der Waals surface area contributed by atoms with E-state index >= 15 is 0 Å². The number of anilines is 1. The molecule has 0 aromatic heterocycles. The van der Waals surface area contributed by atoms with E-state index in [9.17, 15) is 10.1 Å². The van der Waals surface area contributed by atoms with Gasteiger partial charge in [-0.05, 0) is 67.5 Å². The monoisotopic (exact) mass is 540 g/mol. The number of non-ortho nitro benzene ring substituents is 1. The lowest BCUT2D eigenvalue weighted by Gasteiger charge is -2.47. The van der Waals surface area contributed by atoms with E-state index in [1.165, 1.54) is 19.2 Å². The van der Waals surface area contributed by atoms with Gasteiger partial charge in [0, 0.05) is 33.4 Å². The van der Waals surface area contributed by atoms with Crippen LogP contribution in [-0.4, -0.2) is 17.8 Å². The van der Waals surface area contributed by atoms with Gasteiger partial charge in [0.05, 0.1) is 23.5 Å². The third-order valence-electron chi connectivity index (χ3n) is 6.72. The van der Waals surface area contributed by atoms with Crippen LogP contribution in [0.3, 0.4) is 0 Å². The van der Waals surface area contributed by atoms with Crippen LogP contribution in [-0.2, 0) is 12.0 Å². The molecule has 0 radical (unpaired) electrons. The SMILES string of the molecule is COc1cc([N+](=O)[O-])cc2c1OC1(C=C2)N(Cc2ccc(Br)cc2)c2ccc(Cl)cc2C1(C)C. The number of nitro benzene ring substituents is 1. The van der Waals surface area contributed by atoms with E-state index in [1.54, 1.807) is 0 Å². The number of halogens is 2. The van der Waals surface area contributed by atoms with Crippen molar-refractivity contribution in [3.63, 3.8) is 0 Å². The van der Waals surface area contributed by atoms with E-state index in [4.69, 9.17) is 21.1 Å². The van der Waals surface area contributed by atoms with Gasteiger partial charge in [-0.1, -0.05) is 39.7 Å². The number of methoxy groups -OCH3 is 1. The maximum Gasteiger partial charge on any atom is 0.274 e. The first kappa shape index (κ1) is 22.7. The van der Waals surface area contributed by atoms with Crippen molar-refractivity contribution in [2.75, 3.05) is 12.0 Å². The second-order valence-corrected chi connectivity index (χ2v) is 10.3. The van der Waals surface area contributed by atoms with E-state index in [1.807, 2.05) is 42.5 Å². The largest absolute Gasteiger partial charge is 0.493 e. The fraction of sp³-hybridized carbons (Fsp3) is 0.231. The fourth-order valence-corrected chi connectivity index (χ4v) is 5.34. The molecule has 0 saturated carbocycles. The van der Waals surface area contributed by atoms with E-state index in [2.05, 4.69) is 46.8 Å². The molecule has 1 spiro atoms. The molecule has 1 atom stereocenters. The van der Waals surface area contributed by atoms with Gasteiger partial charge in [0.2, 0.25) is 5.72 Å². The molecule has 34 heavy (non-hydrogen) atoms. The van der Waals surface area contributed by atoms with Crippen molar-refractivity contribution in [2.45, 2.75) is 31.5 Å². The van der Waals surface area contributed by atoms with Gasteiger partial charge in [-0.2, -0.15) is 0 Å². The standard InChI is InChI=1S/C26H22BrClN2O4/c1-25(2)21-13-19(28)8-9-22(21)29(15-16-4-6-18(27)7-5-16)26(25)11-10-17-12-20(30(31)32)14-23(33-3)24(17)34-26/h4-14H,15H2,1-3H3. The minimum atomic E-state index is -0.913. The second kappa shape index (κ2) is 8.03. The van der Waals surface area contributed by atoms with Crippen LogP contribution in [0.5, 0.6) is 11.5 Å². The highest BCUT2D eigenvalue weighted by Crippen LogP contribution is 2.57. The lowest BCUT2D eigenvalue weighted by atomic mass is 9.76. The molecule has 3 aromatic rings. The summed E-state index contributed by atoms with van der Waals surface area (Å²) in [5.41, 5.74) is 2.32. The molecule has 0 saturated heterocycles. The van der Waals surface area contributed by atoms with Crippen molar-refractivity contribution in [2.24, 2.45) is 0 Å². The summed E-state index contributed by atoms with van der Waals surface area (Å²) in [6.07, 6.45) is 3.88. The first-order valence-electron chi connectivity index (χ1n) is 10.7.